The Morgan fingerprint density at radius 3 is 2.86 bits per heavy atom. The Bertz CT molecular complexity index is 832. The van der Waals surface area contributed by atoms with E-state index in [2.05, 4.69) is 20.4 Å². The fourth-order valence-corrected chi connectivity index (χ4v) is 1.99. The van der Waals surface area contributed by atoms with Crippen LogP contribution in [0.25, 0.3) is 5.69 Å². The number of nitrogens with zero attached hydrogens (tertiary/aromatic N) is 5. The highest BCUT2D eigenvalue weighted by molar-refractivity contribution is 5.87. The molecular formula is C13H12N6O3. The number of H-pyrrole nitrogens is 1. The minimum Gasteiger partial charge on any atom is -0.478 e. The van der Waals surface area contributed by atoms with Crippen LogP contribution < -0.4 is 5.56 Å². The van der Waals surface area contributed by atoms with Gasteiger partial charge in [-0.3, -0.25) is 14.5 Å². The van der Waals surface area contributed by atoms with Gasteiger partial charge in [0.25, 0.3) is 5.56 Å². The van der Waals surface area contributed by atoms with Crippen LogP contribution in [0.15, 0.2) is 41.7 Å². The number of aromatic amines is 1. The Morgan fingerprint density at radius 1 is 1.36 bits per heavy atom. The predicted octanol–water partition coefficient (Wildman–Crippen LogP) is 0.0930. The second kappa shape index (κ2) is 5.64. The van der Waals surface area contributed by atoms with Crippen LogP contribution in [0.5, 0.6) is 0 Å². The molecule has 3 heterocycles. The van der Waals surface area contributed by atoms with Crippen LogP contribution in [0.2, 0.25) is 0 Å². The second-order valence-corrected chi connectivity index (χ2v) is 4.56. The number of hydrogen-bond donors (Lipinski definition) is 2. The molecule has 0 aromatic carbocycles. The number of rotatable bonds is 5. The summed E-state index contributed by atoms with van der Waals surface area (Å²) in [6.45, 7) is 0.396. The summed E-state index contributed by atoms with van der Waals surface area (Å²) >= 11 is 0. The van der Waals surface area contributed by atoms with Crippen molar-refractivity contribution in [3.05, 3.63) is 58.5 Å². The van der Waals surface area contributed by atoms with E-state index in [0.717, 1.165) is 0 Å². The molecule has 9 nitrogen and oxygen atoms in total. The SMILES string of the molecule is O=C(O)c1ccc(CCn2[nH]cc(-n3ccnn3)c2=O)nc1. The lowest BCUT2D eigenvalue weighted by atomic mass is 10.2. The minimum atomic E-state index is -1.02. The summed E-state index contributed by atoms with van der Waals surface area (Å²) in [6.07, 6.45) is 6.43. The molecule has 0 bridgehead atoms. The maximum Gasteiger partial charge on any atom is 0.337 e. The predicted molar refractivity (Wildman–Crippen MR) is 74.9 cm³/mol. The van der Waals surface area contributed by atoms with Crippen LogP contribution in [0.4, 0.5) is 0 Å². The highest BCUT2D eigenvalue weighted by atomic mass is 16.4. The molecule has 9 heteroatoms. The lowest BCUT2D eigenvalue weighted by Gasteiger charge is -2.02. The van der Waals surface area contributed by atoms with Crippen LogP contribution in [-0.2, 0) is 13.0 Å². The highest BCUT2D eigenvalue weighted by Gasteiger charge is 2.09. The molecule has 3 aromatic rings. The third kappa shape index (κ3) is 2.64. The molecule has 22 heavy (non-hydrogen) atoms. The van der Waals surface area contributed by atoms with E-state index in [0.29, 0.717) is 24.3 Å². The van der Waals surface area contributed by atoms with Gasteiger partial charge in [-0.2, -0.15) is 0 Å². The minimum absolute atomic E-state index is 0.134. The molecule has 0 spiro atoms. The summed E-state index contributed by atoms with van der Waals surface area (Å²) in [5.41, 5.74) is 1.00. The first kappa shape index (κ1) is 13.7. The van der Waals surface area contributed by atoms with Gasteiger partial charge < -0.3 is 10.2 Å². The van der Waals surface area contributed by atoms with Gasteiger partial charge in [-0.1, -0.05) is 5.21 Å². The third-order valence-electron chi connectivity index (χ3n) is 3.15. The molecule has 3 rings (SSSR count). The lowest BCUT2D eigenvalue weighted by Crippen LogP contribution is -2.21. The molecule has 0 aliphatic rings. The van der Waals surface area contributed by atoms with Crippen molar-refractivity contribution in [1.29, 1.82) is 0 Å². The van der Waals surface area contributed by atoms with Crippen LogP contribution in [0.3, 0.4) is 0 Å². The van der Waals surface area contributed by atoms with E-state index in [1.54, 1.807) is 18.5 Å². The number of hydrogen-bond acceptors (Lipinski definition) is 5. The molecule has 0 atom stereocenters. The molecule has 0 aliphatic heterocycles. The van der Waals surface area contributed by atoms with Crippen molar-refractivity contribution in [2.45, 2.75) is 13.0 Å². The summed E-state index contributed by atoms with van der Waals surface area (Å²) in [7, 11) is 0. The third-order valence-corrected chi connectivity index (χ3v) is 3.15. The first-order chi connectivity index (χ1) is 10.6. The van der Waals surface area contributed by atoms with Crippen molar-refractivity contribution in [3.8, 4) is 5.69 Å². The fraction of sp³-hybridized carbons (Fsp3) is 0.154. The standard InChI is InChI=1S/C13H12N6O3/c20-12-11(18-6-4-15-17-18)8-16-19(12)5-3-10-2-1-9(7-14-10)13(21)22/h1-2,4,6-8,16H,3,5H2,(H,21,22). The number of carbonyl (C=O) groups is 1. The molecule has 0 unspecified atom stereocenters. The zero-order valence-electron chi connectivity index (χ0n) is 11.4. The molecule has 0 amide bonds. The first-order valence-electron chi connectivity index (χ1n) is 6.48. The van der Waals surface area contributed by atoms with E-state index in [9.17, 15) is 9.59 Å². The summed E-state index contributed by atoms with van der Waals surface area (Å²) in [4.78, 5) is 27.0. The van der Waals surface area contributed by atoms with Gasteiger partial charge in [0.15, 0.2) is 5.69 Å². The largest absolute Gasteiger partial charge is 0.478 e. The van der Waals surface area contributed by atoms with Gasteiger partial charge in [-0.05, 0) is 12.1 Å². The average molecular weight is 300 g/mol. The van der Waals surface area contributed by atoms with E-state index in [-0.39, 0.29) is 11.1 Å². The first-order valence-corrected chi connectivity index (χ1v) is 6.48. The van der Waals surface area contributed by atoms with Gasteiger partial charge in [0.1, 0.15) is 0 Å². The van der Waals surface area contributed by atoms with Gasteiger partial charge >= 0.3 is 5.97 Å². The fourth-order valence-electron chi connectivity index (χ4n) is 1.99. The topological polar surface area (TPSA) is 119 Å². The smallest absolute Gasteiger partial charge is 0.337 e. The zero-order chi connectivity index (χ0) is 15.5. The number of aryl methyl sites for hydroxylation is 2. The molecule has 0 fully saturated rings. The summed E-state index contributed by atoms with van der Waals surface area (Å²) in [6, 6.07) is 3.12. The molecule has 0 aliphatic carbocycles. The van der Waals surface area contributed by atoms with Crippen LogP contribution in [0, 0.1) is 0 Å². The summed E-state index contributed by atoms with van der Waals surface area (Å²) in [5, 5.41) is 19.1. The van der Waals surface area contributed by atoms with Gasteiger partial charge in [0.05, 0.1) is 18.0 Å². The van der Waals surface area contributed by atoms with Crippen molar-refractivity contribution in [3.63, 3.8) is 0 Å². The van der Waals surface area contributed by atoms with Crippen molar-refractivity contribution in [2.75, 3.05) is 0 Å². The molecule has 0 radical (unpaired) electrons. The van der Waals surface area contributed by atoms with Crippen LogP contribution in [-0.4, -0.2) is 40.8 Å². The van der Waals surface area contributed by atoms with Crippen molar-refractivity contribution < 1.29 is 9.90 Å². The Morgan fingerprint density at radius 2 is 2.23 bits per heavy atom. The maximum atomic E-state index is 12.2. The van der Waals surface area contributed by atoms with Gasteiger partial charge in [-0.15, -0.1) is 5.10 Å². The molecule has 0 saturated heterocycles. The van der Waals surface area contributed by atoms with Gasteiger partial charge in [-0.25, -0.2) is 9.48 Å². The molecular weight excluding hydrogens is 288 g/mol. The number of aromatic carboxylic acids is 1. The van der Waals surface area contributed by atoms with Crippen molar-refractivity contribution >= 4 is 5.97 Å². The molecule has 0 saturated carbocycles. The highest BCUT2D eigenvalue weighted by Crippen LogP contribution is 2.03. The van der Waals surface area contributed by atoms with E-state index in [1.807, 2.05) is 0 Å². The van der Waals surface area contributed by atoms with Crippen molar-refractivity contribution in [2.24, 2.45) is 0 Å². The lowest BCUT2D eigenvalue weighted by molar-refractivity contribution is 0.0696. The van der Waals surface area contributed by atoms with E-state index < -0.39 is 5.97 Å². The van der Waals surface area contributed by atoms with Gasteiger partial charge in [0.2, 0.25) is 0 Å². The number of nitrogens with one attached hydrogen (secondary N) is 1. The summed E-state index contributed by atoms with van der Waals surface area (Å²) < 4.78 is 2.82. The summed E-state index contributed by atoms with van der Waals surface area (Å²) in [5.74, 6) is -1.02. The number of aromatic nitrogens is 6. The van der Waals surface area contributed by atoms with Crippen molar-refractivity contribution in [1.82, 2.24) is 29.8 Å². The maximum absolute atomic E-state index is 12.2. The van der Waals surface area contributed by atoms with Crippen LogP contribution in [0.1, 0.15) is 16.1 Å². The monoisotopic (exact) mass is 300 g/mol. The van der Waals surface area contributed by atoms with Gasteiger partial charge in [0, 0.05) is 31.1 Å². The Kier molecular flexibility index (Phi) is 3.52. The second-order valence-electron chi connectivity index (χ2n) is 4.56. The quantitative estimate of drug-likeness (QED) is 0.689. The Hall–Kier alpha value is -3.23. The number of carboxylic acid groups (broad SMARTS) is 1. The zero-order valence-corrected chi connectivity index (χ0v) is 11.4. The van der Waals surface area contributed by atoms with Crippen LogP contribution >= 0.6 is 0 Å². The van der Waals surface area contributed by atoms with E-state index in [1.165, 1.54) is 27.8 Å². The number of pyridine rings is 1. The average Bonchev–Trinajstić information content (AvgIpc) is 3.15. The Labute approximate surface area is 123 Å². The number of carboxylic acids is 1. The molecule has 3 aromatic heterocycles. The molecule has 2 N–H and O–H groups in total. The normalized spacial score (nSPS) is 10.7. The van der Waals surface area contributed by atoms with E-state index >= 15 is 0 Å². The Balaban J connectivity index is 1.72. The molecule has 112 valence electrons. The van der Waals surface area contributed by atoms with E-state index in [4.69, 9.17) is 5.11 Å².